The molecule has 28 heavy (non-hydrogen) atoms. The van der Waals surface area contributed by atoms with Gasteiger partial charge in [-0.3, -0.25) is 14.6 Å². The van der Waals surface area contributed by atoms with Gasteiger partial charge in [0.1, 0.15) is 6.61 Å². The summed E-state index contributed by atoms with van der Waals surface area (Å²) in [4.78, 5) is 28.2. The molecule has 3 rings (SSSR count). The van der Waals surface area contributed by atoms with E-state index in [9.17, 15) is 9.59 Å². The summed E-state index contributed by atoms with van der Waals surface area (Å²) in [6.07, 6.45) is 2.74. The fourth-order valence-corrected chi connectivity index (χ4v) is 3.11. The quantitative estimate of drug-likeness (QED) is 0.763. The van der Waals surface area contributed by atoms with Crippen molar-refractivity contribution < 1.29 is 19.1 Å². The first kappa shape index (κ1) is 19.7. The van der Waals surface area contributed by atoms with Gasteiger partial charge in [0.2, 0.25) is 11.8 Å². The van der Waals surface area contributed by atoms with Crippen LogP contribution in [-0.4, -0.2) is 30.5 Å². The number of nitrogens with one attached hydrogen (secondary N) is 2. The molecule has 0 saturated heterocycles. The lowest BCUT2D eigenvalue weighted by Crippen LogP contribution is -2.37. The summed E-state index contributed by atoms with van der Waals surface area (Å²) in [6, 6.07) is 9.43. The number of pyridine rings is 1. The summed E-state index contributed by atoms with van der Waals surface area (Å²) in [5.74, 6) is 1.08. The van der Waals surface area contributed by atoms with Crippen molar-refractivity contribution in [2.75, 3.05) is 13.7 Å². The van der Waals surface area contributed by atoms with Crippen LogP contribution in [0.1, 0.15) is 30.2 Å². The number of nitrogens with zero attached hydrogens (tertiary/aromatic N) is 1. The Morgan fingerprint density at radius 2 is 2.11 bits per heavy atom. The fraction of sp³-hybridized carbons (Fsp3) is 0.381. The van der Waals surface area contributed by atoms with E-state index in [4.69, 9.17) is 9.47 Å². The minimum absolute atomic E-state index is 0.000810. The third kappa shape index (κ3) is 4.79. The molecule has 2 heterocycles. The lowest BCUT2D eigenvalue weighted by atomic mass is 9.95. The maximum Gasteiger partial charge on any atom is 0.227 e. The Labute approximate surface area is 164 Å². The van der Waals surface area contributed by atoms with Crippen molar-refractivity contribution in [1.82, 2.24) is 15.6 Å². The number of para-hydroxylation sites is 1. The molecule has 0 spiro atoms. The summed E-state index contributed by atoms with van der Waals surface area (Å²) in [6.45, 7) is 2.91. The molecule has 148 valence electrons. The fourth-order valence-electron chi connectivity index (χ4n) is 3.11. The first-order chi connectivity index (χ1) is 13.6. The van der Waals surface area contributed by atoms with Gasteiger partial charge in [-0.05, 0) is 35.7 Å². The number of rotatable bonds is 7. The highest BCUT2D eigenvalue weighted by Gasteiger charge is 2.27. The van der Waals surface area contributed by atoms with E-state index >= 15 is 0 Å². The predicted molar refractivity (Wildman–Crippen MR) is 104 cm³/mol. The van der Waals surface area contributed by atoms with Crippen molar-refractivity contribution in [3.05, 3.63) is 53.3 Å². The number of carbonyl (C=O) groups is 2. The van der Waals surface area contributed by atoms with Crippen LogP contribution in [0.3, 0.4) is 0 Å². The molecular formula is C21H25N3O4. The van der Waals surface area contributed by atoms with Gasteiger partial charge in [0.05, 0.1) is 25.3 Å². The summed E-state index contributed by atoms with van der Waals surface area (Å²) in [5.41, 5.74) is 2.66. The number of fused-ring (bicyclic) bond motifs is 1. The average molecular weight is 383 g/mol. The van der Waals surface area contributed by atoms with Gasteiger partial charge in [-0.1, -0.05) is 19.1 Å². The van der Waals surface area contributed by atoms with Crippen molar-refractivity contribution in [3.8, 4) is 11.5 Å². The third-order valence-electron chi connectivity index (χ3n) is 4.68. The van der Waals surface area contributed by atoms with Gasteiger partial charge in [0.25, 0.3) is 0 Å². The van der Waals surface area contributed by atoms with Crippen molar-refractivity contribution in [2.45, 2.75) is 32.9 Å². The summed E-state index contributed by atoms with van der Waals surface area (Å²) < 4.78 is 11.1. The molecule has 1 atom stereocenters. The van der Waals surface area contributed by atoms with E-state index < -0.39 is 0 Å². The standard InChI is InChI=1S/C21H25N3O4/c1-3-19(25)23-11-14-7-8-22-17(9-14)12-24-21(26)16-10-15-5-4-6-18(27-2)20(15)28-13-16/h4-9,16H,3,10-13H2,1-2H3,(H,23,25)(H,24,26). The van der Waals surface area contributed by atoms with Gasteiger partial charge in [0.15, 0.2) is 11.5 Å². The second-order valence-electron chi connectivity index (χ2n) is 6.66. The number of carbonyl (C=O) groups excluding carboxylic acids is 2. The summed E-state index contributed by atoms with van der Waals surface area (Å²) in [7, 11) is 1.60. The van der Waals surface area contributed by atoms with Gasteiger partial charge in [-0.25, -0.2) is 0 Å². The van der Waals surface area contributed by atoms with Crippen molar-refractivity contribution >= 4 is 11.8 Å². The number of aromatic nitrogens is 1. The zero-order valence-corrected chi connectivity index (χ0v) is 16.2. The van der Waals surface area contributed by atoms with Crippen LogP contribution in [0.25, 0.3) is 0 Å². The van der Waals surface area contributed by atoms with Crippen LogP contribution >= 0.6 is 0 Å². The molecule has 2 amide bonds. The topological polar surface area (TPSA) is 89.6 Å². The first-order valence-corrected chi connectivity index (χ1v) is 9.37. The van der Waals surface area contributed by atoms with Crippen molar-refractivity contribution in [1.29, 1.82) is 0 Å². The molecule has 0 radical (unpaired) electrons. The Kier molecular flexibility index (Phi) is 6.47. The van der Waals surface area contributed by atoms with Crippen LogP contribution < -0.4 is 20.1 Å². The summed E-state index contributed by atoms with van der Waals surface area (Å²) in [5, 5.41) is 5.76. The van der Waals surface area contributed by atoms with E-state index in [1.54, 1.807) is 13.3 Å². The monoisotopic (exact) mass is 383 g/mol. The molecule has 2 N–H and O–H groups in total. The molecule has 7 heteroatoms. The molecule has 0 saturated carbocycles. The number of benzene rings is 1. The smallest absolute Gasteiger partial charge is 0.227 e. The number of methoxy groups -OCH3 is 1. The van der Waals surface area contributed by atoms with Gasteiger partial charge >= 0.3 is 0 Å². The molecule has 2 aromatic rings. The van der Waals surface area contributed by atoms with Gasteiger partial charge in [-0.2, -0.15) is 0 Å². The third-order valence-corrected chi connectivity index (χ3v) is 4.68. The van der Waals surface area contributed by atoms with E-state index in [1.807, 2.05) is 37.3 Å². The molecule has 1 aromatic heterocycles. The molecule has 7 nitrogen and oxygen atoms in total. The normalized spacial score (nSPS) is 15.1. The molecule has 0 fully saturated rings. The maximum atomic E-state index is 12.6. The van der Waals surface area contributed by atoms with Gasteiger partial charge in [-0.15, -0.1) is 0 Å². The van der Waals surface area contributed by atoms with Crippen LogP contribution in [-0.2, 0) is 29.1 Å². The second-order valence-corrected chi connectivity index (χ2v) is 6.66. The molecule has 0 aliphatic carbocycles. The molecule has 0 bridgehead atoms. The largest absolute Gasteiger partial charge is 0.493 e. The molecular weight excluding hydrogens is 358 g/mol. The maximum absolute atomic E-state index is 12.6. The Morgan fingerprint density at radius 3 is 2.89 bits per heavy atom. The van der Waals surface area contributed by atoms with E-state index in [1.165, 1.54) is 0 Å². The molecule has 1 aliphatic rings. The molecule has 1 aromatic carbocycles. The highest BCUT2D eigenvalue weighted by Crippen LogP contribution is 2.36. The van der Waals surface area contributed by atoms with Gasteiger partial charge in [0, 0.05) is 19.2 Å². The van der Waals surface area contributed by atoms with E-state index in [-0.39, 0.29) is 17.7 Å². The second kappa shape index (κ2) is 9.21. The zero-order valence-electron chi connectivity index (χ0n) is 16.2. The Balaban J connectivity index is 1.55. The molecule has 1 aliphatic heterocycles. The Bertz CT molecular complexity index is 853. The highest BCUT2D eigenvalue weighted by atomic mass is 16.5. The van der Waals surface area contributed by atoms with Crippen LogP contribution in [0.4, 0.5) is 0 Å². The van der Waals surface area contributed by atoms with E-state index in [0.29, 0.717) is 38.3 Å². The first-order valence-electron chi connectivity index (χ1n) is 9.37. The van der Waals surface area contributed by atoms with E-state index in [0.717, 1.165) is 22.6 Å². The lowest BCUT2D eigenvalue weighted by molar-refractivity contribution is -0.126. The summed E-state index contributed by atoms with van der Waals surface area (Å²) >= 11 is 0. The van der Waals surface area contributed by atoms with Crippen molar-refractivity contribution in [2.24, 2.45) is 5.92 Å². The SMILES string of the molecule is CCC(=O)NCc1ccnc(CNC(=O)C2COc3c(cccc3OC)C2)c1. The number of ether oxygens (including phenoxy) is 2. The van der Waals surface area contributed by atoms with Crippen LogP contribution in [0.15, 0.2) is 36.5 Å². The lowest BCUT2D eigenvalue weighted by Gasteiger charge is -2.25. The van der Waals surface area contributed by atoms with Crippen LogP contribution in [0.5, 0.6) is 11.5 Å². The van der Waals surface area contributed by atoms with Gasteiger partial charge < -0.3 is 20.1 Å². The zero-order chi connectivity index (χ0) is 19.9. The molecule has 1 unspecified atom stereocenters. The Morgan fingerprint density at radius 1 is 1.25 bits per heavy atom. The van der Waals surface area contributed by atoms with E-state index in [2.05, 4.69) is 15.6 Å². The van der Waals surface area contributed by atoms with Crippen molar-refractivity contribution in [3.63, 3.8) is 0 Å². The number of amides is 2. The minimum atomic E-state index is -0.258. The highest BCUT2D eigenvalue weighted by molar-refractivity contribution is 5.79. The number of hydrogen-bond donors (Lipinski definition) is 2. The predicted octanol–water partition coefficient (Wildman–Crippen LogP) is 1.98. The van der Waals surface area contributed by atoms with Crippen LogP contribution in [0, 0.1) is 5.92 Å². The average Bonchev–Trinajstić information content (AvgIpc) is 2.75. The Hall–Kier alpha value is -3.09. The minimum Gasteiger partial charge on any atom is -0.493 e. The number of hydrogen-bond acceptors (Lipinski definition) is 5. The van der Waals surface area contributed by atoms with Crippen LogP contribution in [0.2, 0.25) is 0 Å².